The summed E-state index contributed by atoms with van der Waals surface area (Å²) in [6.07, 6.45) is -1.57. The molecule has 9 heteroatoms. The SMILES string of the molecule is CCO[C@H]1O[C@H](CI)[C@H]2O[C@@H](c3ccc(OC)cc3)OC[C@@]12OCOCC[Si](C)(C)C. The van der Waals surface area contributed by atoms with Gasteiger partial charge in [-0.3, -0.25) is 0 Å². The molecule has 2 saturated heterocycles. The van der Waals surface area contributed by atoms with Gasteiger partial charge >= 0.3 is 0 Å². The summed E-state index contributed by atoms with van der Waals surface area (Å²) in [7, 11) is 0.487. The summed E-state index contributed by atoms with van der Waals surface area (Å²) in [5, 5.41) is 0. The predicted molar refractivity (Wildman–Crippen MR) is 129 cm³/mol. The summed E-state index contributed by atoms with van der Waals surface area (Å²) in [5.74, 6) is 0.790. The van der Waals surface area contributed by atoms with Crippen LogP contribution in [0.2, 0.25) is 25.7 Å². The highest BCUT2D eigenvalue weighted by Gasteiger charge is 2.62. The highest BCUT2D eigenvalue weighted by Crippen LogP contribution is 2.45. The van der Waals surface area contributed by atoms with Gasteiger partial charge in [0.15, 0.2) is 18.2 Å². The summed E-state index contributed by atoms with van der Waals surface area (Å²) < 4.78 is 42.8. The molecule has 1 aromatic rings. The summed E-state index contributed by atoms with van der Waals surface area (Å²) in [6, 6.07) is 8.78. The Morgan fingerprint density at radius 3 is 2.52 bits per heavy atom. The second-order valence-corrected chi connectivity index (χ2v) is 15.5. The molecule has 0 unspecified atom stereocenters. The van der Waals surface area contributed by atoms with Crippen LogP contribution in [-0.2, 0) is 28.4 Å². The third-order valence-electron chi connectivity index (χ3n) is 5.51. The molecule has 2 aliphatic rings. The predicted octanol–water partition coefficient (Wildman–Crippen LogP) is 4.37. The van der Waals surface area contributed by atoms with Gasteiger partial charge in [-0.15, -0.1) is 0 Å². The minimum atomic E-state index is -1.16. The number of alkyl halides is 1. The Morgan fingerprint density at radius 1 is 1.16 bits per heavy atom. The lowest BCUT2D eigenvalue weighted by Gasteiger charge is -2.43. The minimum absolute atomic E-state index is 0.155. The zero-order chi connectivity index (χ0) is 22.5. The maximum atomic E-state index is 6.42. The number of benzene rings is 1. The van der Waals surface area contributed by atoms with E-state index < -0.39 is 26.3 Å². The average molecular weight is 567 g/mol. The van der Waals surface area contributed by atoms with Crippen molar-refractivity contribution in [3.05, 3.63) is 29.8 Å². The molecule has 2 fully saturated rings. The molecule has 1 aromatic carbocycles. The van der Waals surface area contributed by atoms with Crippen molar-refractivity contribution in [3.8, 4) is 5.75 Å². The molecule has 5 atom stereocenters. The summed E-state index contributed by atoms with van der Waals surface area (Å²) >= 11 is 2.31. The Bertz CT molecular complexity index is 683. The first-order valence-electron chi connectivity index (χ1n) is 10.8. The van der Waals surface area contributed by atoms with Gasteiger partial charge in [0, 0.05) is 31.3 Å². The van der Waals surface area contributed by atoms with Gasteiger partial charge in [0.2, 0.25) is 0 Å². The van der Waals surface area contributed by atoms with Crippen LogP contribution >= 0.6 is 22.6 Å². The van der Waals surface area contributed by atoms with Gasteiger partial charge in [-0.05, 0) is 25.1 Å². The van der Waals surface area contributed by atoms with E-state index in [1.165, 1.54) is 0 Å². The third kappa shape index (κ3) is 6.20. The molecule has 0 bridgehead atoms. The molecule has 0 amide bonds. The number of rotatable bonds is 11. The summed E-state index contributed by atoms with van der Waals surface area (Å²) in [6.45, 7) is 10.6. The van der Waals surface area contributed by atoms with E-state index in [9.17, 15) is 0 Å². The minimum Gasteiger partial charge on any atom is -0.497 e. The highest BCUT2D eigenvalue weighted by atomic mass is 127. The number of halogens is 1. The van der Waals surface area contributed by atoms with Gasteiger partial charge < -0.3 is 33.2 Å². The zero-order valence-electron chi connectivity index (χ0n) is 19.1. The molecule has 0 aromatic heterocycles. The van der Waals surface area contributed by atoms with Gasteiger partial charge in [-0.2, -0.15) is 0 Å². The zero-order valence-corrected chi connectivity index (χ0v) is 22.3. The number of hydrogen-bond acceptors (Lipinski definition) is 7. The Labute approximate surface area is 200 Å². The van der Waals surface area contributed by atoms with Crippen LogP contribution in [0, 0.1) is 0 Å². The van der Waals surface area contributed by atoms with Crippen molar-refractivity contribution in [3.63, 3.8) is 0 Å². The van der Waals surface area contributed by atoms with Gasteiger partial charge in [0.25, 0.3) is 0 Å². The Hall–Kier alpha value is -0.273. The summed E-state index contributed by atoms with van der Waals surface area (Å²) in [4.78, 5) is 0. The van der Waals surface area contributed by atoms with Crippen LogP contribution in [-0.4, -0.2) is 70.3 Å². The monoisotopic (exact) mass is 566 g/mol. The van der Waals surface area contributed by atoms with E-state index in [2.05, 4.69) is 42.2 Å². The number of fused-ring (bicyclic) bond motifs is 1. The van der Waals surface area contributed by atoms with E-state index in [1.54, 1.807) is 7.11 Å². The average Bonchev–Trinajstić information content (AvgIpc) is 3.06. The van der Waals surface area contributed by atoms with Crippen molar-refractivity contribution >= 4 is 30.7 Å². The Kier molecular flexibility index (Phi) is 9.19. The molecule has 176 valence electrons. The van der Waals surface area contributed by atoms with Crippen molar-refractivity contribution in [1.82, 2.24) is 0 Å². The fraction of sp³-hybridized carbons (Fsp3) is 0.727. The van der Waals surface area contributed by atoms with E-state index >= 15 is 0 Å². The van der Waals surface area contributed by atoms with Crippen LogP contribution in [0.5, 0.6) is 5.75 Å². The maximum absolute atomic E-state index is 6.42. The molecule has 2 heterocycles. The largest absolute Gasteiger partial charge is 0.497 e. The molecule has 2 aliphatic heterocycles. The van der Waals surface area contributed by atoms with Crippen LogP contribution in [0.3, 0.4) is 0 Å². The van der Waals surface area contributed by atoms with Crippen molar-refractivity contribution in [2.75, 3.05) is 38.2 Å². The third-order valence-corrected chi connectivity index (χ3v) is 8.08. The van der Waals surface area contributed by atoms with E-state index in [0.717, 1.165) is 21.8 Å². The molecular formula is C22H35IO7Si. The molecule has 3 rings (SSSR count). The molecule has 0 N–H and O–H groups in total. The van der Waals surface area contributed by atoms with Crippen LogP contribution in [0.25, 0.3) is 0 Å². The fourth-order valence-corrected chi connectivity index (χ4v) is 5.12. The molecule has 0 spiro atoms. The van der Waals surface area contributed by atoms with Gasteiger partial charge in [0.05, 0.1) is 19.8 Å². The van der Waals surface area contributed by atoms with Crippen LogP contribution in [0.1, 0.15) is 18.8 Å². The van der Waals surface area contributed by atoms with Gasteiger partial charge in [-0.25, -0.2) is 0 Å². The van der Waals surface area contributed by atoms with Crippen LogP contribution in [0.15, 0.2) is 24.3 Å². The second kappa shape index (κ2) is 11.2. The number of methoxy groups -OCH3 is 1. The topological polar surface area (TPSA) is 64.6 Å². The summed E-state index contributed by atoms with van der Waals surface area (Å²) in [5.41, 5.74) is 0.0569. The normalized spacial score (nSPS) is 30.9. The van der Waals surface area contributed by atoms with E-state index in [1.807, 2.05) is 31.2 Å². The smallest absolute Gasteiger partial charge is 0.192 e. The molecule has 0 radical (unpaired) electrons. The lowest BCUT2D eigenvalue weighted by molar-refractivity contribution is -0.333. The molecule has 0 saturated carbocycles. The quantitative estimate of drug-likeness (QED) is 0.130. The van der Waals surface area contributed by atoms with Crippen molar-refractivity contribution in [2.45, 2.75) is 63.0 Å². The van der Waals surface area contributed by atoms with Crippen LogP contribution < -0.4 is 4.74 Å². The molecule has 31 heavy (non-hydrogen) atoms. The van der Waals surface area contributed by atoms with Crippen molar-refractivity contribution in [2.24, 2.45) is 0 Å². The van der Waals surface area contributed by atoms with E-state index in [0.29, 0.717) is 19.8 Å². The highest BCUT2D eigenvalue weighted by molar-refractivity contribution is 14.1. The fourth-order valence-electron chi connectivity index (χ4n) is 3.69. The molecular weight excluding hydrogens is 531 g/mol. The number of ether oxygens (including phenoxy) is 7. The first kappa shape index (κ1) is 25.4. The standard InChI is InChI=1S/C22H35IO7Si/c1-6-26-21-22(28-15-25-11-12-31(3,4)5)14-27-20(30-19(22)18(13-23)29-21)16-7-9-17(24-2)10-8-16/h7-10,18-21H,6,11-15H2,1-5H3/t18-,19-,20+,21+,22+/m1/s1. The first-order valence-corrected chi connectivity index (χ1v) is 16.0. The van der Waals surface area contributed by atoms with E-state index in [-0.39, 0.29) is 19.0 Å². The lowest BCUT2D eigenvalue weighted by Crippen LogP contribution is -2.59. The second-order valence-electron chi connectivity index (χ2n) is 9.02. The van der Waals surface area contributed by atoms with Gasteiger partial charge in [0.1, 0.15) is 18.6 Å². The molecule has 0 aliphatic carbocycles. The first-order chi connectivity index (χ1) is 14.8. The van der Waals surface area contributed by atoms with Gasteiger partial charge in [-0.1, -0.05) is 54.4 Å². The number of hydrogen-bond donors (Lipinski definition) is 0. The van der Waals surface area contributed by atoms with Crippen molar-refractivity contribution < 1.29 is 33.2 Å². The van der Waals surface area contributed by atoms with Crippen LogP contribution in [0.4, 0.5) is 0 Å². The van der Waals surface area contributed by atoms with E-state index in [4.69, 9.17) is 33.2 Å². The molecule has 7 nitrogen and oxygen atoms in total. The van der Waals surface area contributed by atoms with Crippen molar-refractivity contribution in [1.29, 1.82) is 0 Å². The Balaban J connectivity index is 1.72. The maximum Gasteiger partial charge on any atom is 0.192 e. The lowest BCUT2D eigenvalue weighted by atomic mass is 9.94. The Morgan fingerprint density at radius 2 is 1.90 bits per heavy atom.